The van der Waals surface area contributed by atoms with Crippen LogP contribution in [0.3, 0.4) is 0 Å². The van der Waals surface area contributed by atoms with Crippen LogP contribution in [0.4, 0.5) is 0 Å². The lowest BCUT2D eigenvalue weighted by molar-refractivity contribution is 0.669. The van der Waals surface area contributed by atoms with Gasteiger partial charge in [-0.15, -0.1) is 0 Å². The smallest absolute Gasteiger partial charge is 0.182 e. The van der Waals surface area contributed by atoms with Crippen molar-refractivity contribution in [1.82, 2.24) is 19.9 Å². The Hall–Kier alpha value is -6.98. The summed E-state index contributed by atoms with van der Waals surface area (Å²) in [5.74, 6) is 0.669. The second-order valence-corrected chi connectivity index (χ2v) is 13.4. The molecule has 0 fully saturated rings. The van der Waals surface area contributed by atoms with E-state index in [2.05, 4.69) is 140 Å². The van der Waals surface area contributed by atoms with E-state index in [1.165, 1.54) is 10.8 Å². The summed E-state index contributed by atoms with van der Waals surface area (Å²) in [6.07, 6.45) is 3.41. The molecule has 1 aliphatic rings. The van der Waals surface area contributed by atoms with Crippen molar-refractivity contribution in [2.45, 2.75) is 5.41 Å². The Kier molecular flexibility index (Phi) is 6.10. The molecule has 0 bridgehead atoms. The van der Waals surface area contributed by atoms with Gasteiger partial charge >= 0.3 is 0 Å². The van der Waals surface area contributed by atoms with Gasteiger partial charge in [0.05, 0.1) is 0 Å². The van der Waals surface area contributed by atoms with Gasteiger partial charge in [-0.2, -0.15) is 0 Å². The summed E-state index contributed by atoms with van der Waals surface area (Å²) in [4.78, 5) is 20.1. The van der Waals surface area contributed by atoms with Crippen molar-refractivity contribution >= 4 is 43.9 Å². The molecule has 5 heteroatoms. The number of fused-ring (bicyclic) bond motifs is 9. The molecule has 1 atom stereocenters. The predicted octanol–water partition coefficient (Wildman–Crippen LogP) is 11.2. The van der Waals surface area contributed by atoms with Crippen molar-refractivity contribution in [3.8, 4) is 33.5 Å². The molecule has 0 aliphatic heterocycles. The van der Waals surface area contributed by atoms with Crippen molar-refractivity contribution < 1.29 is 4.42 Å². The number of hydrogen-bond acceptors (Lipinski definition) is 5. The monoisotopic (exact) mass is 664 g/mol. The first kappa shape index (κ1) is 28.8. The third-order valence-corrected chi connectivity index (χ3v) is 10.7. The Bertz CT molecular complexity index is 3030. The van der Waals surface area contributed by atoms with E-state index in [0.717, 1.165) is 72.1 Å². The molecule has 1 unspecified atom stereocenters. The zero-order valence-corrected chi connectivity index (χ0v) is 27.9. The zero-order valence-electron chi connectivity index (χ0n) is 27.9. The third-order valence-electron chi connectivity index (χ3n) is 10.7. The maximum Gasteiger partial charge on any atom is 0.182 e. The molecular weight excluding hydrogens is 637 g/mol. The van der Waals surface area contributed by atoms with E-state index in [4.69, 9.17) is 24.4 Å². The average molecular weight is 665 g/mol. The molecule has 0 saturated carbocycles. The van der Waals surface area contributed by atoms with Gasteiger partial charge in [-0.05, 0) is 74.0 Å². The fourth-order valence-electron chi connectivity index (χ4n) is 8.39. The molecule has 0 amide bonds. The van der Waals surface area contributed by atoms with Crippen molar-refractivity contribution in [2.24, 2.45) is 0 Å². The molecule has 7 aromatic carbocycles. The third kappa shape index (κ3) is 4.05. The number of nitrogens with zero attached hydrogens (tertiary/aromatic N) is 4. The maximum atomic E-state index is 6.35. The molecule has 5 nitrogen and oxygen atoms in total. The topological polar surface area (TPSA) is 64.7 Å². The summed E-state index contributed by atoms with van der Waals surface area (Å²) < 4.78 is 6.35. The molecule has 0 N–H and O–H groups in total. The second-order valence-electron chi connectivity index (χ2n) is 13.4. The van der Waals surface area contributed by atoms with Crippen LogP contribution in [0, 0.1) is 0 Å². The number of aromatic nitrogens is 4. The van der Waals surface area contributed by atoms with Crippen LogP contribution < -0.4 is 0 Å². The SMILES string of the molecule is c1ccc(-c2nc(C3(c4ccccc4)c4ccccc4-c4cc(-c5ccc6oc7ccc8ccccc8c7c6c5)ccc43)nc3nccnc23)cc1. The molecule has 3 aromatic heterocycles. The zero-order chi connectivity index (χ0) is 34.2. The normalized spacial score (nSPS) is 15.0. The highest BCUT2D eigenvalue weighted by atomic mass is 16.3. The molecule has 242 valence electrons. The molecule has 11 rings (SSSR count). The maximum absolute atomic E-state index is 6.35. The van der Waals surface area contributed by atoms with E-state index in [-0.39, 0.29) is 0 Å². The van der Waals surface area contributed by atoms with Crippen LogP contribution >= 0.6 is 0 Å². The van der Waals surface area contributed by atoms with Gasteiger partial charge in [0.25, 0.3) is 0 Å². The number of benzene rings is 7. The van der Waals surface area contributed by atoms with Gasteiger partial charge in [0, 0.05) is 28.7 Å². The van der Waals surface area contributed by atoms with Crippen LogP contribution in [0.25, 0.3) is 77.4 Å². The quantitative estimate of drug-likeness (QED) is 0.187. The number of rotatable bonds is 4. The molecule has 10 aromatic rings. The van der Waals surface area contributed by atoms with Crippen molar-refractivity contribution in [2.75, 3.05) is 0 Å². The lowest BCUT2D eigenvalue weighted by atomic mass is 9.71. The van der Waals surface area contributed by atoms with Crippen LogP contribution in [0.2, 0.25) is 0 Å². The Balaban J connectivity index is 1.18. The first-order valence-electron chi connectivity index (χ1n) is 17.5. The van der Waals surface area contributed by atoms with Crippen LogP contribution in [-0.4, -0.2) is 19.9 Å². The van der Waals surface area contributed by atoms with Crippen LogP contribution in [0.5, 0.6) is 0 Å². The molecule has 1 aliphatic carbocycles. The van der Waals surface area contributed by atoms with Gasteiger partial charge in [0.1, 0.15) is 27.8 Å². The minimum absolute atomic E-state index is 0.567. The summed E-state index contributed by atoms with van der Waals surface area (Å²) in [5.41, 5.74) is 11.9. The number of furan rings is 1. The lowest BCUT2D eigenvalue weighted by Gasteiger charge is -2.32. The molecule has 0 spiro atoms. The summed E-state index contributed by atoms with van der Waals surface area (Å²) >= 11 is 0. The fourth-order valence-corrected chi connectivity index (χ4v) is 8.39. The van der Waals surface area contributed by atoms with Crippen molar-refractivity contribution in [3.63, 3.8) is 0 Å². The highest BCUT2D eigenvalue weighted by Gasteiger charge is 2.49. The number of hydrogen-bond donors (Lipinski definition) is 0. The average Bonchev–Trinajstić information content (AvgIpc) is 3.74. The van der Waals surface area contributed by atoms with Gasteiger partial charge in [-0.1, -0.05) is 133 Å². The Labute approximate surface area is 298 Å². The molecule has 3 heterocycles. The van der Waals surface area contributed by atoms with Crippen LogP contribution in [0.1, 0.15) is 22.5 Å². The first-order valence-corrected chi connectivity index (χ1v) is 17.5. The largest absolute Gasteiger partial charge is 0.456 e. The minimum Gasteiger partial charge on any atom is -0.456 e. The van der Waals surface area contributed by atoms with Crippen molar-refractivity contribution in [3.05, 3.63) is 193 Å². The fraction of sp³-hybridized carbons (Fsp3) is 0.0213. The van der Waals surface area contributed by atoms with Crippen molar-refractivity contribution in [1.29, 1.82) is 0 Å². The van der Waals surface area contributed by atoms with Gasteiger partial charge in [-0.25, -0.2) is 19.9 Å². The summed E-state index contributed by atoms with van der Waals surface area (Å²) in [5, 5.41) is 4.66. The first-order chi connectivity index (χ1) is 25.8. The van der Waals surface area contributed by atoms with E-state index < -0.39 is 5.41 Å². The molecule has 0 saturated heterocycles. The highest BCUT2D eigenvalue weighted by molar-refractivity contribution is 6.19. The summed E-state index contributed by atoms with van der Waals surface area (Å²) in [6, 6.07) is 55.6. The van der Waals surface area contributed by atoms with Gasteiger partial charge in [-0.3, -0.25) is 0 Å². The Morgan fingerprint density at radius 1 is 0.481 bits per heavy atom. The van der Waals surface area contributed by atoms with E-state index >= 15 is 0 Å². The predicted molar refractivity (Wildman–Crippen MR) is 208 cm³/mol. The van der Waals surface area contributed by atoms with E-state index in [1.54, 1.807) is 12.4 Å². The van der Waals surface area contributed by atoms with Crippen LogP contribution in [-0.2, 0) is 5.41 Å². The summed E-state index contributed by atoms with van der Waals surface area (Å²) in [7, 11) is 0. The van der Waals surface area contributed by atoms with Gasteiger partial charge in [0.2, 0.25) is 0 Å². The van der Waals surface area contributed by atoms with E-state index in [0.29, 0.717) is 17.0 Å². The van der Waals surface area contributed by atoms with Gasteiger partial charge < -0.3 is 4.42 Å². The summed E-state index contributed by atoms with van der Waals surface area (Å²) in [6.45, 7) is 0. The second kappa shape index (κ2) is 11.0. The van der Waals surface area contributed by atoms with E-state index in [1.807, 2.05) is 18.2 Å². The van der Waals surface area contributed by atoms with Crippen LogP contribution in [0.15, 0.2) is 175 Å². The standard InChI is InChI=1S/C47H28N4O/c1-3-12-30(13-4-1)43-44-45(49-26-25-48-44)51-46(50-43)47(33-14-5-2-6-15-33)38-18-10-9-17-35(38)36-27-31(19-22-39(36)47)32-21-23-40-37(28-32)42-34-16-8-7-11-29(34)20-24-41(42)52-40/h1-28H. The lowest BCUT2D eigenvalue weighted by Crippen LogP contribution is -2.31. The Morgan fingerprint density at radius 2 is 1.19 bits per heavy atom. The minimum atomic E-state index is -0.801. The highest BCUT2D eigenvalue weighted by Crippen LogP contribution is 2.56. The molecular formula is C47H28N4O. The Morgan fingerprint density at radius 3 is 2.10 bits per heavy atom. The molecule has 0 radical (unpaired) electrons. The molecule has 52 heavy (non-hydrogen) atoms. The van der Waals surface area contributed by atoms with Gasteiger partial charge in [0.15, 0.2) is 11.5 Å². The van der Waals surface area contributed by atoms with E-state index in [9.17, 15) is 0 Å².